The Morgan fingerprint density at radius 1 is 1.40 bits per heavy atom. The van der Waals surface area contributed by atoms with Gasteiger partial charge in [0, 0.05) is 13.1 Å². The second-order valence-corrected chi connectivity index (χ2v) is 7.57. The van der Waals surface area contributed by atoms with E-state index in [1.54, 1.807) is 10.4 Å². The summed E-state index contributed by atoms with van der Waals surface area (Å²) in [6, 6.07) is 4.55. The molecule has 1 aromatic carbocycles. The van der Waals surface area contributed by atoms with Gasteiger partial charge in [-0.1, -0.05) is 19.4 Å². The topological polar surface area (TPSA) is 40.6 Å². The second kappa shape index (κ2) is 5.09. The van der Waals surface area contributed by atoms with Crippen LogP contribution in [0, 0.1) is 5.82 Å². The Kier molecular flexibility index (Phi) is 3.56. The van der Waals surface area contributed by atoms with Gasteiger partial charge in [-0.25, -0.2) is 12.8 Å². The van der Waals surface area contributed by atoms with Crippen molar-refractivity contribution in [2.24, 2.45) is 0 Å². The van der Waals surface area contributed by atoms with E-state index < -0.39 is 10.0 Å². The third kappa shape index (κ3) is 2.36. The van der Waals surface area contributed by atoms with Gasteiger partial charge in [-0.05, 0) is 29.7 Å². The maximum absolute atomic E-state index is 13.3. The molecule has 110 valence electrons. The molecule has 0 radical (unpaired) electrons. The quantitative estimate of drug-likeness (QED) is 0.858. The van der Waals surface area contributed by atoms with Gasteiger partial charge < -0.3 is 0 Å². The number of fused-ring (bicyclic) bond motifs is 3. The summed E-state index contributed by atoms with van der Waals surface area (Å²) in [6.07, 6.45) is 1.85. The van der Waals surface area contributed by atoms with Crippen LogP contribution in [0.15, 0.2) is 18.2 Å². The number of hydrogen-bond donors (Lipinski definition) is 0. The summed E-state index contributed by atoms with van der Waals surface area (Å²) in [4.78, 5) is 2.13. The highest BCUT2D eigenvalue weighted by atomic mass is 32.2. The summed E-state index contributed by atoms with van der Waals surface area (Å²) in [7, 11) is -3.20. The van der Waals surface area contributed by atoms with E-state index >= 15 is 0 Å². The van der Waals surface area contributed by atoms with E-state index in [0.29, 0.717) is 19.8 Å². The molecule has 6 heteroatoms. The third-order valence-electron chi connectivity index (χ3n) is 4.14. The van der Waals surface area contributed by atoms with Gasteiger partial charge >= 0.3 is 0 Å². The van der Waals surface area contributed by atoms with Gasteiger partial charge in [0.2, 0.25) is 10.0 Å². The Balaban J connectivity index is 1.86. The molecule has 0 aliphatic carbocycles. The van der Waals surface area contributed by atoms with Gasteiger partial charge in [0.1, 0.15) is 5.82 Å². The highest BCUT2D eigenvalue weighted by Gasteiger charge is 2.41. The minimum atomic E-state index is -3.20. The molecule has 1 fully saturated rings. The van der Waals surface area contributed by atoms with Crippen LogP contribution in [0.25, 0.3) is 0 Å². The van der Waals surface area contributed by atoms with Gasteiger partial charge in [-0.15, -0.1) is 0 Å². The first kappa shape index (κ1) is 14.0. The first-order valence-electron chi connectivity index (χ1n) is 7.01. The third-order valence-corrected chi connectivity index (χ3v) is 5.96. The van der Waals surface area contributed by atoms with Crippen molar-refractivity contribution in [3.05, 3.63) is 35.1 Å². The molecule has 4 nitrogen and oxygen atoms in total. The zero-order valence-corrected chi connectivity index (χ0v) is 12.4. The molecule has 2 heterocycles. The van der Waals surface area contributed by atoms with E-state index in [4.69, 9.17) is 0 Å². The van der Waals surface area contributed by atoms with Gasteiger partial charge in [0.05, 0.1) is 18.5 Å². The number of halogens is 1. The molecule has 0 saturated carbocycles. The molecule has 0 aromatic heterocycles. The number of unbranched alkanes of at least 4 members (excludes halogenated alkanes) is 1. The lowest BCUT2D eigenvalue weighted by Crippen LogP contribution is -2.49. The van der Waals surface area contributed by atoms with Crippen LogP contribution in [0.1, 0.15) is 36.9 Å². The number of benzene rings is 1. The fraction of sp³-hybridized carbons (Fsp3) is 0.571. The Morgan fingerprint density at radius 3 is 2.95 bits per heavy atom. The molecular weight excluding hydrogens is 279 g/mol. The number of sulfonamides is 1. The molecule has 0 N–H and O–H groups in total. The van der Waals surface area contributed by atoms with Gasteiger partial charge in [-0.2, -0.15) is 4.31 Å². The van der Waals surface area contributed by atoms with Gasteiger partial charge in [0.25, 0.3) is 0 Å². The number of rotatable bonds is 3. The minimum absolute atomic E-state index is 0.106. The van der Waals surface area contributed by atoms with Crippen LogP contribution >= 0.6 is 0 Å². The lowest BCUT2D eigenvalue weighted by Gasteiger charge is -2.37. The lowest BCUT2D eigenvalue weighted by atomic mass is 10.1. The largest absolute Gasteiger partial charge is 0.277 e. The van der Waals surface area contributed by atoms with Gasteiger partial charge in [-0.3, -0.25) is 4.90 Å². The van der Waals surface area contributed by atoms with Crippen LogP contribution in [0.5, 0.6) is 0 Å². The number of hydrogen-bond acceptors (Lipinski definition) is 3. The highest BCUT2D eigenvalue weighted by molar-refractivity contribution is 7.89. The van der Waals surface area contributed by atoms with Crippen molar-refractivity contribution in [2.45, 2.75) is 32.4 Å². The Hall–Kier alpha value is -0.980. The predicted octanol–water partition coefficient (Wildman–Crippen LogP) is 2.09. The molecule has 0 spiro atoms. The van der Waals surface area contributed by atoms with E-state index in [9.17, 15) is 12.8 Å². The molecule has 1 unspecified atom stereocenters. The maximum atomic E-state index is 13.3. The van der Waals surface area contributed by atoms with E-state index in [1.807, 2.05) is 6.92 Å². The molecule has 0 bridgehead atoms. The van der Waals surface area contributed by atoms with E-state index in [0.717, 1.165) is 24.0 Å². The summed E-state index contributed by atoms with van der Waals surface area (Å²) >= 11 is 0. The van der Waals surface area contributed by atoms with Crippen molar-refractivity contribution >= 4 is 10.0 Å². The van der Waals surface area contributed by atoms with E-state index in [-0.39, 0.29) is 17.6 Å². The normalized spacial score (nSPS) is 25.4. The molecule has 2 aliphatic rings. The molecule has 1 saturated heterocycles. The van der Waals surface area contributed by atoms with Crippen LogP contribution in [-0.2, 0) is 16.6 Å². The summed E-state index contributed by atoms with van der Waals surface area (Å²) in [6.45, 7) is 3.68. The predicted molar refractivity (Wildman–Crippen MR) is 75.0 cm³/mol. The van der Waals surface area contributed by atoms with Crippen molar-refractivity contribution < 1.29 is 12.8 Å². The summed E-state index contributed by atoms with van der Waals surface area (Å²) < 4.78 is 39.5. The van der Waals surface area contributed by atoms with E-state index in [2.05, 4.69) is 4.90 Å². The first-order valence-corrected chi connectivity index (χ1v) is 8.62. The zero-order valence-electron chi connectivity index (χ0n) is 11.5. The molecule has 1 atom stereocenters. The number of nitrogens with zero attached hydrogens (tertiary/aromatic N) is 2. The first-order chi connectivity index (χ1) is 9.51. The van der Waals surface area contributed by atoms with Crippen molar-refractivity contribution in [2.75, 3.05) is 19.0 Å². The monoisotopic (exact) mass is 298 g/mol. The summed E-state index contributed by atoms with van der Waals surface area (Å²) in [5.74, 6) is -0.149. The van der Waals surface area contributed by atoms with Crippen LogP contribution in [0.3, 0.4) is 0 Å². The summed E-state index contributed by atoms with van der Waals surface area (Å²) in [5.41, 5.74) is 1.88. The van der Waals surface area contributed by atoms with Crippen molar-refractivity contribution in [1.29, 1.82) is 0 Å². The molecule has 20 heavy (non-hydrogen) atoms. The molecule has 1 aromatic rings. The van der Waals surface area contributed by atoms with Crippen LogP contribution in [0.4, 0.5) is 4.39 Å². The molecule has 0 amide bonds. The zero-order chi connectivity index (χ0) is 14.3. The Morgan fingerprint density at radius 2 is 2.20 bits per heavy atom. The molecule has 2 aliphatic heterocycles. The minimum Gasteiger partial charge on any atom is -0.277 e. The maximum Gasteiger partial charge on any atom is 0.217 e. The SMILES string of the molecule is CCCCN1CN2Cc3cc(F)ccc3C2CS1(=O)=O. The van der Waals surface area contributed by atoms with Gasteiger partial charge in [0.15, 0.2) is 0 Å². The van der Waals surface area contributed by atoms with Crippen molar-refractivity contribution in [1.82, 2.24) is 9.21 Å². The second-order valence-electron chi connectivity index (χ2n) is 5.55. The smallest absolute Gasteiger partial charge is 0.217 e. The van der Waals surface area contributed by atoms with Crippen molar-refractivity contribution in [3.8, 4) is 0 Å². The fourth-order valence-electron chi connectivity index (χ4n) is 3.05. The van der Waals surface area contributed by atoms with E-state index in [1.165, 1.54) is 12.1 Å². The fourth-order valence-corrected chi connectivity index (χ4v) is 4.78. The standard InChI is InChI=1S/C14H19FN2O2S/c1-2-3-6-17-10-16-8-11-7-12(15)4-5-13(11)14(16)9-20(17,18)19/h4-5,7,14H,2-3,6,8-10H2,1H3. The van der Waals surface area contributed by atoms with Crippen LogP contribution in [0.2, 0.25) is 0 Å². The highest BCUT2D eigenvalue weighted by Crippen LogP contribution is 2.38. The van der Waals surface area contributed by atoms with Crippen LogP contribution in [-0.4, -0.2) is 36.6 Å². The average molecular weight is 298 g/mol. The summed E-state index contributed by atoms with van der Waals surface area (Å²) in [5, 5.41) is 0. The lowest BCUT2D eigenvalue weighted by molar-refractivity contribution is 0.140. The van der Waals surface area contributed by atoms with Crippen molar-refractivity contribution in [3.63, 3.8) is 0 Å². The Labute approximate surface area is 119 Å². The molecule has 3 rings (SSSR count). The Bertz CT molecular complexity index is 618. The average Bonchev–Trinajstić information content (AvgIpc) is 2.71. The van der Waals surface area contributed by atoms with Crippen LogP contribution < -0.4 is 0 Å². The molecular formula is C14H19FN2O2S.